The number of fused-ring (bicyclic) bond motifs is 3. The van der Waals surface area contributed by atoms with E-state index in [1.165, 1.54) is 0 Å². The van der Waals surface area contributed by atoms with Crippen molar-refractivity contribution in [3.63, 3.8) is 0 Å². The van der Waals surface area contributed by atoms with Gasteiger partial charge < -0.3 is 20.5 Å². The van der Waals surface area contributed by atoms with Crippen molar-refractivity contribution in [1.82, 2.24) is 10.6 Å². The summed E-state index contributed by atoms with van der Waals surface area (Å²) in [6.07, 6.45) is -0.384. The van der Waals surface area contributed by atoms with Crippen LogP contribution in [0.25, 0.3) is 11.1 Å². The molecule has 0 saturated carbocycles. The zero-order chi connectivity index (χ0) is 21.7. The van der Waals surface area contributed by atoms with Gasteiger partial charge >= 0.3 is 12.1 Å². The van der Waals surface area contributed by atoms with E-state index in [2.05, 4.69) is 22.8 Å². The molecule has 0 saturated heterocycles. The monoisotopic (exact) mass is 410 g/mol. The topological polar surface area (TPSA) is 105 Å². The standard InChI is InChI=1S/C23H26N2O5/c1-23(2,21(28)24-13-7-12-20(26)27)25-22(29)30-14-19-17-10-5-3-8-15(17)16-9-4-6-11-18(16)19/h3-6,8-11,19H,7,12-14H2,1-2H3,(H,24,28)(H,25,29)(H,26,27). The average Bonchev–Trinajstić information content (AvgIpc) is 3.03. The molecule has 0 fully saturated rings. The maximum absolute atomic E-state index is 12.4. The summed E-state index contributed by atoms with van der Waals surface area (Å²) in [7, 11) is 0. The molecule has 2 aromatic carbocycles. The van der Waals surface area contributed by atoms with Gasteiger partial charge in [0.15, 0.2) is 0 Å². The number of alkyl carbamates (subject to hydrolysis) is 1. The third-order valence-electron chi connectivity index (χ3n) is 5.18. The molecule has 0 atom stereocenters. The summed E-state index contributed by atoms with van der Waals surface area (Å²) in [4.78, 5) is 35.2. The Morgan fingerprint density at radius 3 is 2.13 bits per heavy atom. The summed E-state index contributed by atoms with van der Waals surface area (Å²) < 4.78 is 5.48. The molecule has 7 nitrogen and oxygen atoms in total. The van der Waals surface area contributed by atoms with Crippen LogP contribution >= 0.6 is 0 Å². The number of benzene rings is 2. The van der Waals surface area contributed by atoms with Crippen molar-refractivity contribution < 1.29 is 24.2 Å². The van der Waals surface area contributed by atoms with Crippen LogP contribution in [0.4, 0.5) is 4.79 Å². The molecule has 7 heteroatoms. The first-order valence-corrected chi connectivity index (χ1v) is 9.93. The van der Waals surface area contributed by atoms with Gasteiger partial charge in [0.2, 0.25) is 5.91 Å². The number of hydrogen-bond donors (Lipinski definition) is 3. The molecule has 158 valence electrons. The van der Waals surface area contributed by atoms with Gasteiger partial charge in [0.25, 0.3) is 0 Å². The van der Waals surface area contributed by atoms with E-state index in [1.54, 1.807) is 13.8 Å². The molecular weight excluding hydrogens is 384 g/mol. The van der Waals surface area contributed by atoms with Crippen LogP contribution in [0.15, 0.2) is 48.5 Å². The Labute approximate surface area is 175 Å². The number of amides is 2. The molecule has 2 aromatic rings. The third-order valence-corrected chi connectivity index (χ3v) is 5.18. The van der Waals surface area contributed by atoms with Crippen LogP contribution in [-0.2, 0) is 14.3 Å². The van der Waals surface area contributed by atoms with Gasteiger partial charge in [0, 0.05) is 18.9 Å². The minimum Gasteiger partial charge on any atom is -0.481 e. The van der Waals surface area contributed by atoms with Crippen LogP contribution in [0.5, 0.6) is 0 Å². The minimum absolute atomic E-state index is 0.0273. The SMILES string of the molecule is CC(C)(NC(=O)OCC1c2ccccc2-c2ccccc21)C(=O)NCCCC(=O)O. The largest absolute Gasteiger partial charge is 0.481 e. The zero-order valence-corrected chi connectivity index (χ0v) is 17.1. The van der Waals surface area contributed by atoms with Crippen molar-refractivity contribution in [2.75, 3.05) is 13.2 Å². The molecule has 3 rings (SSSR count). The van der Waals surface area contributed by atoms with Crippen LogP contribution in [-0.4, -0.2) is 41.8 Å². The third kappa shape index (κ3) is 4.79. The van der Waals surface area contributed by atoms with E-state index in [4.69, 9.17) is 9.84 Å². The smallest absolute Gasteiger partial charge is 0.408 e. The summed E-state index contributed by atoms with van der Waals surface area (Å²) >= 11 is 0. The summed E-state index contributed by atoms with van der Waals surface area (Å²) in [5.74, 6) is -1.38. The van der Waals surface area contributed by atoms with Gasteiger partial charge in [-0.05, 0) is 42.5 Å². The Morgan fingerprint density at radius 1 is 1.00 bits per heavy atom. The molecule has 0 unspecified atom stereocenters. The highest BCUT2D eigenvalue weighted by molar-refractivity contribution is 5.89. The Balaban J connectivity index is 1.57. The predicted octanol–water partition coefficient (Wildman–Crippen LogP) is 3.28. The highest BCUT2D eigenvalue weighted by Crippen LogP contribution is 2.44. The van der Waals surface area contributed by atoms with Gasteiger partial charge in [0.05, 0.1) is 0 Å². The minimum atomic E-state index is -1.19. The molecule has 1 aliphatic carbocycles. The number of rotatable bonds is 8. The first kappa shape index (κ1) is 21.4. The molecule has 3 N–H and O–H groups in total. The highest BCUT2D eigenvalue weighted by Gasteiger charge is 2.32. The maximum Gasteiger partial charge on any atom is 0.408 e. The van der Waals surface area contributed by atoms with Crippen molar-refractivity contribution in [2.45, 2.75) is 38.1 Å². The van der Waals surface area contributed by atoms with E-state index in [0.717, 1.165) is 22.3 Å². The lowest BCUT2D eigenvalue weighted by molar-refractivity contribution is -0.137. The molecule has 0 radical (unpaired) electrons. The van der Waals surface area contributed by atoms with Gasteiger partial charge in [-0.25, -0.2) is 4.79 Å². The summed E-state index contributed by atoms with van der Waals surface area (Å²) in [6.45, 7) is 3.53. The summed E-state index contributed by atoms with van der Waals surface area (Å²) in [6, 6.07) is 16.1. The Kier molecular flexibility index (Phi) is 6.40. The van der Waals surface area contributed by atoms with Gasteiger partial charge in [-0.15, -0.1) is 0 Å². The maximum atomic E-state index is 12.4. The van der Waals surface area contributed by atoms with Crippen LogP contribution in [0.1, 0.15) is 43.7 Å². The first-order chi connectivity index (χ1) is 14.3. The zero-order valence-electron chi connectivity index (χ0n) is 17.1. The van der Waals surface area contributed by atoms with Gasteiger partial charge in [-0.3, -0.25) is 9.59 Å². The molecule has 0 aliphatic heterocycles. The molecule has 30 heavy (non-hydrogen) atoms. The van der Waals surface area contributed by atoms with E-state index in [9.17, 15) is 14.4 Å². The van der Waals surface area contributed by atoms with Crippen LogP contribution in [0.3, 0.4) is 0 Å². The first-order valence-electron chi connectivity index (χ1n) is 9.93. The van der Waals surface area contributed by atoms with E-state index < -0.39 is 23.5 Å². The Hall–Kier alpha value is -3.35. The number of carbonyl (C=O) groups is 3. The lowest BCUT2D eigenvalue weighted by atomic mass is 9.98. The van der Waals surface area contributed by atoms with E-state index in [0.29, 0.717) is 6.42 Å². The summed E-state index contributed by atoms with van der Waals surface area (Å²) in [5.41, 5.74) is 3.32. The second kappa shape index (κ2) is 8.98. The van der Waals surface area contributed by atoms with Crippen molar-refractivity contribution in [2.24, 2.45) is 0 Å². The number of carboxylic acids is 1. The Bertz CT molecular complexity index is 909. The number of carboxylic acid groups (broad SMARTS) is 1. The van der Waals surface area contributed by atoms with E-state index in [-0.39, 0.29) is 25.5 Å². The van der Waals surface area contributed by atoms with Crippen LogP contribution < -0.4 is 10.6 Å². The van der Waals surface area contributed by atoms with Crippen molar-refractivity contribution in [3.8, 4) is 11.1 Å². The number of hydrogen-bond acceptors (Lipinski definition) is 4. The second-order valence-corrected chi connectivity index (χ2v) is 7.83. The number of carbonyl (C=O) groups excluding carboxylic acids is 2. The lowest BCUT2D eigenvalue weighted by Gasteiger charge is -2.25. The molecule has 0 heterocycles. The number of aliphatic carboxylic acids is 1. The number of nitrogens with one attached hydrogen (secondary N) is 2. The van der Waals surface area contributed by atoms with Crippen molar-refractivity contribution in [1.29, 1.82) is 0 Å². The van der Waals surface area contributed by atoms with Crippen molar-refractivity contribution in [3.05, 3.63) is 59.7 Å². The van der Waals surface area contributed by atoms with Crippen LogP contribution in [0.2, 0.25) is 0 Å². The van der Waals surface area contributed by atoms with E-state index >= 15 is 0 Å². The molecule has 0 bridgehead atoms. The van der Waals surface area contributed by atoms with Gasteiger partial charge in [-0.1, -0.05) is 48.5 Å². The fourth-order valence-electron chi connectivity index (χ4n) is 3.61. The normalized spacial score (nSPS) is 12.6. The molecule has 1 aliphatic rings. The molecule has 0 aromatic heterocycles. The quantitative estimate of drug-likeness (QED) is 0.579. The molecule has 0 spiro atoms. The van der Waals surface area contributed by atoms with Crippen LogP contribution in [0, 0.1) is 0 Å². The average molecular weight is 410 g/mol. The van der Waals surface area contributed by atoms with Crippen molar-refractivity contribution >= 4 is 18.0 Å². The second-order valence-electron chi connectivity index (χ2n) is 7.83. The molecular formula is C23H26N2O5. The predicted molar refractivity (Wildman–Crippen MR) is 112 cm³/mol. The fourth-order valence-corrected chi connectivity index (χ4v) is 3.61. The Morgan fingerprint density at radius 2 is 1.57 bits per heavy atom. The fraction of sp³-hybridized carbons (Fsp3) is 0.348. The van der Waals surface area contributed by atoms with Gasteiger partial charge in [-0.2, -0.15) is 0 Å². The lowest BCUT2D eigenvalue weighted by Crippen LogP contribution is -2.55. The summed E-state index contributed by atoms with van der Waals surface area (Å²) in [5, 5.41) is 13.9. The number of ether oxygens (including phenoxy) is 1. The van der Waals surface area contributed by atoms with E-state index in [1.807, 2.05) is 36.4 Å². The molecule has 2 amide bonds. The van der Waals surface area contributed by atoms with Gasteiger partial charge in [0.1, 0.15) is 12.1 Å². The highest BCUT2D eigenvalue weighted by atomic mass is 16.5.